The number of nitrogens with two attached hydrogens (primary N) is 1. The average Bonchev–Trinajstić information content (AvgIpc) is 2.33. The van der Waals surface area contributed by atoms with Crippen molar-refractivity contribution in [2.45, 2.75) is 20.0 Å². The minimum absolute atomic E-state index is 0.0579. The first-order valence-corrected chi connectivity index (χ1v) is 6.28. The van der Waals surface area contributed by atoms with E-state index in [4.69, 9.17) is 10.5 Å². The molecule has 1 aliphatic rings. The number of nitrogens with zero attached hydrogens (tertiary/aromatic N) is 4. The molecule has 0 bridgehead atoms. The van der Waals surface area contributed by atoms with Crippen LogP contribution in [0.15, 0.2) is 6.33 Å². The van der Waals surface area contributed by atoms with Gasteiger partial charge in [0.05, 0.1) is 6.10 Å². The molecule has 0 amide bonds. The fourth-order valence-electron chi connectivity index (χ4n) is 1.96. The molecule has 6 heteroatoms. The number of nitrogen functional groups attached to an aromatic ring is 1. The quantitative estimate of drug-likeness (QED) is 0.848. The predicted octanol–water partition coefficient (Wildman–Crippen LogP) is 0.598. The fourth-order valence-corrected chi connectivity index (χ4v) is 1.96. The van der Waals surface area contributed by atoms with Gasteiger partial charge in [-0.1, -0.05) is 0 Å². The van der Waals surface area contributed by atoms with Crippen LogP contribution in [0.4, 0.5) is 11.5 Å². The molecule has 100 valence electrons. The Labute approximate surface area is 108 Å². The summed E-state index contributed by atoms with van der Waals surface area (Å²) >= 11 is 0. The topological polar surface area (TPSA) is 67.5 Å². The van der Waals surface area contributed by atoms with E-state index in [9.17, 15) is 0 Å². The molecular formula is C12H21N5O. The van der Waals surface area contributed by atoms with Crippen molar-refractivity contribution in [2.75, 3.05) is 43.9 Å². The predicted molar refractivity (Wildman–Crippen MR) is 71.9 cm³/mol. The maximum Gasteiger partial charge on any atom is 0.242 e. The van der Waals surface area contributed by atoms with Crippen LogP contribution in [0.1, 0.15) is 13.8 Å². The van der Waals surface area contributed by atoms with Crippen LogP contribution in [0.5, 0.6) is 5.88 Å². The average molecular weight is 251 g/mol. The first kappa shape index (κ1) is 12.9. The molecule has 0 aliphatic carbocycles. The minimum Gasteiger partial charge on any atom is -0.473 e. The summed E-state index contributed by atoms with van der Waals surface area (Å²) in [5.74, 6) is 1.27. The Bertz CT molecular complexity index is 401. The van der Waals surface area contributed by atoms with E-state index in [0.29, 0.717) is 11.6 Å². The largest absolute Gasteiger partial charge is 0.473 e. The molecule has 6 nitrogen and oxygen atoms in total. The lowest BCUT2D eigenvalue weighted by Gasteiger charge is -2.33. The molecule has 1 aliphatic heterocycles. The number of likely N-dealkylation sites (N-methyl/N-ethyl adjacent to an activating group) is 1. The van der Waals surface area contributed by atoms with Gasteiger partial charge in [-0.15, -0.1) is 0 Å². The monoisotopic (exact) mass is 251 g/mol. The third kappa shape index (κ3) is 2.81. The van der Waals surface area contributed by atoms with Crippen LogP contribution in [-0.2, 0) is 0 Å². The van der Waals surface area contributed by atoms with Gasteiger partial charge in [0.15, 0.2) is 5.82 Å². The van der Waals surface area contributed by atoms with Gasteiger partial charge in [-0.2, -0.15) is 4.98 Å². The van der Waals surface area contributed by atoms with E-state index in [0.717, 1.165) is 32.0 Å². The third-order valence-electron chi connectivity index (χ3n) is 2.98. The van der Waals surface area contributed by atoms with Crippen LogP contribution in [0, 0.1) is 0 Å². The van der Waals surface area contributed by atoms with Gasteiger partial charge in [0.25, 0.3) is 0 Å². The van der Waals surface area contributed by atoms with E-state index in [2.05, 4.69) is 26.8 Å². The van der Waals surface area contributed by atoms with Gasteiger partial charge in [0, 0.05) is 26.2 Å². The van der Waals surface area contributed by atoms with Crippen LogP contribution in [0.3, 0.4) is 0 Å². The molecule has 0 radical (unpaired) electrons. The third-order valence-corrected chi connectivity index (χ3v) is 2.98. The van der Waals surface area contributed by atoms with E-state index in [1.54, 1.807) is 0 Å². The number of anilines is 2. The number of aromatic nitrogens is 2. The van der Waals surface area contributed by atoms with Gasteiger partial charge >= 0.3 is 0 Å². The SMILES string of the molecule is CC(C)Oc1ncnc(N2CCN(C)CC2)c1N. The Morgan fingerprint density at radius 2 is 1.89 bits per heavy atom. The lowest BCUT2D eigenvalue weighted by atomic mass is 10.3. The van der Waals surface area contributed by atoms with Crippen molar-refractivity contribution < 1.29 is 4.74 Å². The van der Waals surface area contributed by atoms with Crippen molar-refractivity contribution in [3.8, 4) is 5.88 Å². The Hall–Kier alpha value is -1.56. The molecule has 2 N–H and O–H groups in total. The molecule has 0 unspecified atom stereocenters. The maximum absolute atomic E-state index is 6.09. The van der Waals surface area contributed by atoms with E-state index in [-0.39, 0.29) is 6.10 Å². The van der Waals surface area contributed by atoms with Crippen LogP contribution in [0.2, 0.25) is 0 Å². The Morgan fingerprint density at radius 1 is 1.22 bits per heavy atom. The second-order valence-electron chi connectivity index (χ2n) is 4.87. The lowest BCUT2D eigenvalue weighted by molar-refractivity contribution is 0.233. The van der Waals surface area contributed by atoms with Crippen molar-refractivity contribution in [2.24, 2.45) is 0 Å². The summed E-state index contributed by atoms with van der Waals surface area (Å²) in [6.07, 6.45) is 1.57. The van der Waals surface area contributed by atoms with Crippen molar-refractivity contribution in [3.05, 3.63) is 6.33 Å². The van der Waals surface area contributed by atoms with Gasteiger partial charge in [-0.25, -0.2) is 4.98 Å². The standard InChI is InChI=1S/C12H21N5O/c1-9(2)18-12-10(13)11(14-8-15-12)17-6-4-16(3)5-7-17/h8-9H,4-7,13H2,1-3H3. The van der Waals surface area contributed by atoms with Gasteiger partial charge in [-0.05, 0) is 20.9 Å². The molecule has 0 atom stereocenters. The number of rotatable bonds is 3. The van der Waals surface area contributed by atoms with Gasteiger partial charge in [0.2, 0.25) is 5.88 Å². The molecule has 0 aromatic carbocycles. The summed E-state index contributed by atoms with van der Waals surface area (Å²) in [7, 11) is 2.12. The molecule has 0 spiro atoms. The number of hydrogen-bond donors (Lipinski definition) is 1. The lowest BCUT2D eigenvalue weighted by Crippen LogP contribution is -2.45. The summed E-state index contributed by atoms with van der Waals surface area (Å²) in [5.41, 5.74) is 6.63. The van der Waals surface area contributed by atoms with Gasteiger partial charge in [0.1, 0.15) is 12.0 Å². The van der Waals surface area contributed by atoms with E-state index < -0.39 is 0 Å². The van der Waals surface area contributed by atoms with Crippen LogP contribution >= 0.6 is 0 Å². The summed E-state index contributed by atoms with van der Waals surface area (Å²) in [6, 6.07) is 0. The van der Waals surface area contributed by atoms with Crippen molar-refractivity contribution >= 4 is 11.5 Å². The highest BCUT2D eigenvalue weighted by atomic mass is 16.5. The molecule has 2 heterocycles. The van der Waals surface area contributed by atoms with E-state index >= 15 is 0 Å². The smallest absolute Gasteiger partial charge is 0.242 e. The molecule has 2 rings (SSSR count). The molecule has 1 aromatic rings. The van der Waals surface area contributed by atoms with E-state index in [1.807, 2.05) is 13.8 Å². The summed E-state index contributed by atoms with van der Waals surface area (Å²) in [4.78, 5) is 12.9. The highest BCUT2D eigenvalue weighted by Gasteiger charge is 2.20. The number of ether oxygens (including phenoxy) is 1. The Balaban J connectivity index is 2.17. The molecular weight excluding hydrogens is 230 g/mol. The normalized spacial score (nSPS) is 17.2. The first-order valence-electron chi connectivity index (χ1n) is 6.28. The Kier molecular flexibility index (Phi) is 3.86. The molecule has 1 fully saturated rings. The zero-order valence-corrected chi connectivity index (χ0v) is 11.3. The second-order valence-corrected chi connectivity index (χ2v) is 4.87. The van der Waals surface area contributed by atoms with Crippen molar-refractivity contribution in [1.29, 1.82) is 0 Å². The molecule has 18 heavy (non-hydrogen) atoms. The highest BCUT2D eigenvalue weighted by Crippen LogP contribution is 2.28. The summed E-state index contributed by atoms with van der Waals surface area (Å²) in [6.45, 7) is 7.81. The number of hydrogen-bond acceptors (Lipinski definition) is 6. The van der Waals surface area contributed by atoms with Crippen molar-refractivity contribution in [1.82, 2.24) is 14.9 Å². The second kappa shape index (κ2) is 5.39. The maximum atomic E-state index is 6.09. The molecule has 1 aromatic heterocycles. The van der Waals surface area contributed by atoms with Crippen LogP contribution < -0.4 is 15.4 Å². The van der Waals surface area contributed by atoms with Gasteiger partial charge < -0.3 is 20.3 Å². The van der Waals surface area contributed by atoms with Crippen molar-refractivity contribution in [3.63, 3.8) is 0 Å². The highest BCUT2D eigenvalue weighted by molar-refractivity contribution is 5.67. The zero-order valence-electron chi connectivity index (χ0n) is 11.3. The fraction of sp³-hybridized carbons (Fsp3) is 0.667. The Morgan fingerprint density at radius 3 is 2.50 bits per heavy atom. The van der Waals surface area contributed by atoms with E-state index in [1.165, 1.54) is 6.33 Å². The molecule has 1 saturated heterocycles. The molecule has 0 saturated carbocycles. The van der Waals surface area contributed by atoms with Crippen LogP contribution in [0.25, 0.3) is 0 Å². The zero-order chi connectivity index (χ0) is 13.1. The van der Waals surface area contributed by atoms with Crippen LogP contribution in [-0.4, -0.2) is 54.2 Å². The summed E-state index contributed by atoms with van der Waals surface area (Å²) in [5, 5.41) is 0. The minimum atomic E-state index is 0.0579. The number of piperazine rings is 1. The first-order chi connectivity index (χ1) is 8.58. The van der Waals surface area contributed by atoms with Gasteiger partial charge in [-0.3, -0.25) is 0 Å². The summed E-state index contributed by atoms with van der Waals surface area (Å²) < 4.78 is 5.58.